The molecule has 4 aromatic carbocycles. The van der Waals surface area contributed by atoms with Crippen molar-refractivity contribution >= 4 is 60.5 Å². The average Bonchev–Trinajstić information content (AvgIpc) is 3.18. The number of rotatable bonds is 8. The van der Waals surface area contributed by atoms with Gasteiger partial charge in [0.25, 0.3) is 17.0 Å². The van der Waals surface area contributed by atoms with Crippen LogP contribution in [0.5, 0.6) is 11.5 Å². The minimum Gasteiger partial charge on any atom is -0.495 e. The number of carbonyl (C=O) groups excluding carboxylic acids is 1. The van der Waals surface area contributed by atoms with Gasteiger partial charge in [-0.05, 0) is 64.0 Å². The number of methoxy groups -OCH3 is 2. The van der Waals surface area contributed by atoms with E-state index >= 15 is 0 Å². The molecule has 3 heterocycles. The molecule has 1 atom stereocenters. The summed E-state index contributed by atoms with van der Waals surface area (Å²) in [5, 5.41) is 14.2. The number of carboxylic acid groups (broad SMARTS) is 1. The van der Waals surface area contributed by atoms with Gasteiger partial charge in [-0.2, -0.15) is 0 Å². The number of para-hydroxylation sites is 2. The van der Waals surface area contributed by atoms with Gasteiger partial charge in [-0.25, -0.2) is 13.6 Å². The number of nitrogens with one attached hydrogen (secondary N) is 1. The molecule has 0 fully saturated rings. The number of aryl methyl sites for hydroxylation is 2. The van der Waals surface area contributed by atoms with Crippen molar-refractivity contribution in [3.05, 3.63) is 145 Å². The summed E-state index contributed by atoms with van der Waals surface area (Å²) in [5.41, 5.74) is 1.96. The third-order valence-electron chi connectivity index (χ3n) is 9.21. The first-order chi connectivity index (χ1) is 26.4. The zero-order valence-corrected chi connectivity index (χ0v) is 31.5. The van der Waals surface area contributed by atoms with E-state index in [0.717, 1.165) is 34.5 Å². The second-order valence-corrected chi connectivity index (χ2v) is 13.1. The number of aromatic nitrogens is 3. The van der Waals surface area contributed by atoms with Gasteiger partial charge in [-0.1, -0.05) is 48.5 Å². The highest BCUT2D eigenvalue weighted by Crippen LogP contribution is 2.37. The highest BCUT2D eigenvalue weighted by atomic mass is 79.9. The molecule has 0 radical (unpaired) electrons. The van der Waals surface area contributed by atoms with Gasteiger partial charge in [0.05, 0.1) is 36.3 Å². The Bertz CT molecular complexity index is 2750. The maximum atomic E-state index is 14.1. The number of ether oxygens (including phenoxy) is 2. The van der Waals surface area contributed by atoms with E-state index in [9.17, 15) is 33.1 Å². The van der Waals surface area contributed by atoms with Crippen molar-refractivity contribution in [2.24, 2.45) is 14.1 Å². The Morgan fingerprint density at radius 1 is 0.782 bits per heavy atom. The molecule has 3 aromatic heterocycles. The summed E-state index contributed by atoms with van der Waals surface area (Å²) in [6.45, 7) is 0. The molecule has 14 heteroatoms. The zero-order valence-electron chi connectivity index (χ0n) is 29.9. The maximum Gasteiger partial charge on any atom is 0.326 e. The van der Waals surface area contributed by atoms with E-state index in [4.69, 9.17) is 9.47 Å². The highest BCUT2D eigenvalue weighted by molar-refractivity contribution is 9.10. The molecule has 2 N–H and O–H groups in total. The number of amides is 1. The van der Waals surface area contributed by atoms with E-state index in [1.54, 1.807) is 56.2 Å². The number of pyridine rings is 3. The number of benzene rings is 4. The number of halogens is 3. The summed E-state index contributed by atoms with van der Waals surface area (Å²) in [6.07, 6.45) is 1.33. The fourth-order valence-corrected chi connectivity index (χ4v) is 7.16. The van der Waals surface area contributed by atoms with Crippen LogP contribution in [0.3, 0.4) is 0 Å². The van der Waals surface area contributed by atoms with E-state index in [1.807, 2.05) is 48.5 Å². The largest absolute Gasteiger partial charge is 0.495 e. The summed E-state index contributed by atoms with van der Waals surface area (Å²) >= 11 is 3.25. The molecule has 7 aromatic rings. The van der Waals surface area contributed by atoms with Gasteiger partial charge in [-0.15, -0.1) is 0 Å². The SMILES string of the molecule is COc1c(-c2ccc(C[C@H](NC(=O)c3c(F)cccc3F)C(=O)O)c3cccnc23)c(=O)n(C)c2ccccc12.COc1c(Br)c(=O)n(C)c2ccccc12. The molecule has 0 spiro atoms. The number of carbonyl (C=O) groups is 2. The van der Waals surface area contributed by atoms with E-state index in [2.05, 4.69) is 26.2 Å². The van der Waals surface area contributed by atoms with Crippen LogP contribution < -0.4 is 25.9 Å². The Kier molecular flexibility index (Phi) is 11.1. The topological polar surface area (TPSA) is 142 Å². The van der Waals surface area contributed by atoms with Crippen LogP contribution in [0.2, 0.25) is 0 Å². The van der Waals surface area contributed by atoms with Crippen LogP contribution in [0.15, 0.2) is 111 Å². The summed E-state index contributed by atoms with van der Waals surface area (Å²) in [5.74, 6) is -3.82. The molecule has 280 valence electrons. The molecule has 0 bridgehead atoms. The van der Waals surface area contributed by atoms with Crippen LogP contribution in [0.4, 0.5) is 8.78 Å². The third kappa shape index (κ3) is 7.15. The number of nitrogens with zero attached hydrogens (tertiary/aromatic N) is 3. The Balaban J connectivity index is 0.000000286. The van der Waals surface area contributed by atoms with Gasteiger partial charge < -0.3 is 29.0 Å². The van der Waals surface area contributed by atoms with E-state index in [0.29, 0.717) is 43.5 Å². The monoisotopic (exact) mass is 810 g/mol. The minimum absolute atomic E-state index is 0.0921. The standard InChI is InChI=1S/C30H23F2N3O5.C11H10BrNO2/c1-35-23-11-4-3-7-18(23)27(40-2)24(29(35)37)19-13-12-16(17-8-6-14-33-26(17)19)15-22(30(38)39)34-28(36)25-20(31)9-5-10-21(25)32;1-13-8-6-4-3-5-7(8)10(15-2)9(12)11(13)14/h3-14,22H,15H2,1-2H3,(H,34,36)(H,38,39);3-6H,1-2H3/t22-;/m0./s1. The van der Waals surface area contributed by atoms with Crippen molar-refractivity contribution in [2.75, 3.05) is 14.2 Å². The molecule has 11 nitrogen and oxygen atoms in total. The lowest BCUT2D eigenvalue weighted by Gasteiger charge is -2.19. The Morgan fingerprint density at radius 2 is 1.35 bits per heavy atom. The van der Waals surface area contributed by atoms with Crippen molar-refractivity contribution in [3.8, 4) is 22.6 Å². The predicted molar refractivity (Wildman–Crippen MR) is 209 cm³/mol. The first kappa shape index (κ1) is 38.3. The molecule has 0 unspecified atom stereocenters. The lowest BCUT2D eigenvalue weighted by molar-refractivity contribution is -0.139. The van der Waals surface area contributed by atoms with Crippen molar-refractivity contribution in [1.29, 1.82) is 0 Å². The maximum absolute atomic E-state index is 14.1. The van der Waals surface area contributed by atoms with Gasteiger partial charge in [0.1, 0.15) is 39.2 Å². The molecule has 0 aliphatic rings. The quantitative estimate of drug-likeness (QED) is 0.171. The molecule has 1 amide bonds. The molecule has 0 saturated carbocycles. The average molecular weight is 812 g/mol. The van der Waals surface area contributed by atoms with Crippen LogP contribution >= 0.6 is 15.9 Å². The summed E-state index contributed by atoms with van der Waals surface area (Å²) < 4.78 is 42.8. The van der Waals surface area contributed by atoms with Crippen LogP contribution in [0, 0.1) is 11.6 Å². The minimum atomic E-state index is -1.51. The van der Waals surface area contributed by atoms with Crippen molar-refractivity contribution in [1.82, 2.24) is 19.4 Å². The molecule has 0 saturated heterocycles. The Labute approximate surface area is 320 Å². The Morgan fingerprint density at radius 3 is 1.95 bits per heavy atom. The van der Waals surface area contributed by atoms with Gasteiger partial charge >= 0.3 is 5.97 Å². The molecule has 0 aliphatic carbocycles. The van der Waals surface area contributed by atoms with Crippen LogP contribution in [0.25, 0.3) is 43.8 Å². The van der Waals surface area contributed by atoms with E-state index in [-0.39, 0.29) is 23.1 Å². The molecular weight excluding hydrogens is 778 g/mol. The normalized spacial score (nSPS) is 11.5. The number of hydrogen-bond acceptors (Lipinski definition) is 7. The van der Waals surface area contributed by atoms with Gasteiger partial charge in [0, 0.05) is 48.4 Å². The smallest absolute Gasteiger partial charge is 0.326 e. The van der Waals surface area contributed by atoms with E-state index in [1.165, 1.54) is 11.7 Å². The van der Waals surface area contributed by atoms with Crippen LogP contribution in [-0.2, 0) is 25.3 Å². The predicted octanol–water partition coefficient (Wildman–Crippen LogP) is 6.78. The van der Waals surface area contributed by atoms with E-state index < -0.39 is 35.1 Å². The van der Waals surface area contributed by atoms with Crippen LogP contribution in [-0.4, -0.2) is 51.4 Å². The first-order valence-electron chi connectivity index (χ1n) is 16.7. The number of aliphatic carboxylic acids is 1. The molecule has 0 aliphatic heterocycles. The summed E-state index contributed by atoms with van der Waals surface area (Å²) in [7, 11) is 6.45. The van der Waals surface area contributed by atoms with Crippen LogP contribution in [0.1, 0.15) is 15.9 Å². The second-order valence-electron chi connectivity index (χ2n) is 12.4. The van der Waals surface area contributed by atoms with Gasteiger partial charge in [-0.3, -0.25) is 19.4 Å². The molecular formula is C41H33BrF2N4O7. The number of hydrogen-bond donors (Lipinski definition) is 2. The number of fused-ring (bicyclic) bond motifs is 3. The summed E-state index contributed by atoms with van der Waals surface area (Å²) in [4.78, 5) is 54.5. The lowest BCUT2D eigenvalue weighted by atomic mass is 9.94. The lowest BCUT2D eigenvalue weighted by Crippen LogP contribution is -2.43. The third-order valence-corrected chi connectivity index (χ3v) is 9.91. The van der Waals surface area contributed by atoms with Crippen molar-refractivity contribution in [2.45, 2.75) is 12.5 Å². The van der Waals surface area contributed by atoms with Gasteiger partial charge in [0.15, 0.2) is 0 Å². The molecule has 7 rings (SSSR count). The van der Waals surface area contributed by atoms with Crippen molar-refractivity contribution < 1.29 is 33.0 Å². The fraction of sp³-hybridized carbons (Fsp3) is 0.146. The first-order valence-corrected chi connectivity index (χ1v) is 17.5. The van der Waals surface area contributed by atoms with Gasteiger partial charge in [0.2, 0.25) is 0 Å². The highest BCUT2D eigenvalue weighted by Gasteiger charge is 2.27. The number of carboxylic acids is 1. The Hall–Kier alpha value is -6.41. The summed E-state index contributed by atoms with van der Waals surface area (Å²) in [6, 6.07) is 23.1. The fourth-order valence-electron chi connectivity index (χ4n) is 6.52. The zero-order chi connectivity index (χ0) is 39.6. The second kappa shape index (κ2) is 15.9. The van der Waals surface area contributed by atoms with Crippen molar-refractivity contribution in [3.63, 3.8) is 0 Å². The molecule has 55 heavy (non-hydrogen) atoms.